The fourth-order valence-corrected chi connectivity index (χ4v) is 4.83. The molecule has 1 aliphatic carbocycles. The van der Waals surface area contributed by atoms with E-state index in [0.717, 1.165) is 29.2 Å². The van der Waals surface area contributed by atoms with Crippen molar-refractivity contribution >= 4 is 20.8 Å². The highest BCUT2D eigenvalue weighted by atomic mass is 32.2. The van der Waals surface area contributed by atoms with Gasteiger partial charge in [-0.1, -0.05) is 48.5 Å². The van der Waals surface area contributed by atoms with Crippen LogP contribution in [0.3, 0.4) is 0 Å². The zero-order chi connectivity index (χ0) is 17.4. The Morgan fingerprint density at radius 2 is 1.64 bits per heavy atom. The summed E-state index contributed by atoms with van der Waals surface area (Å²) in [7, 11) is -3.56. The molecule has 1 aliphatic rings. The van der Waals surface area contributed by atoms with Crippen LogP contribution in [-0.2, 0) is 22.9 Å². The maximum atomic E-state index is 12.8. The van der Waals surface area contributed by atoms with E-state index in [1.807, 2.05) is 43.3 Å². The molecule has 25 heavy (non-hydrogen) atoms. The molecular formula is C21H21NO2S. The fraction of sp³-hybridized carbons (Fsp3) is 0.238. The highest BCUT2D eigenvalue weighted by molar-refractivity contribution is 7.89. The van der Waals surface area contributed by atoms with Crippen LogP contribution in [0.15, 0.2) is 65.6 Å². The van der Waals surface area contributed by atoms with E-state index in [9.17, 15) is 8.42 Å². The number of sulfonamides is 1. The highest BCUT2D eigenvalue weighted by Gasteiger charge is 2.20. The molecule has 0 aromatic heterocycles. The van der Waals surface area contributed by atoms with Crippen molar-refractivity contribution < 1.29 is 8.42 Å². The SMILES string of the molecule is C[C@H](NS(=O)(=O)c1ccc2ccccc2c1)c1ccc2c(c1)CCC2. The monoisotopic (exact) mass is 351 g/mol. The first-order valence-electron chi connectivity index (χ1n) is 8.66. The minimum Gasteiger partial charge on any atom is -0.207 e. The summed E-state index contributed by atoms with van der Waals surface area (Å²) in [6, 6.07) is 19.1. The van der Waals surface area contributed by atoms with Crippen molar-refractivity contribution in [2.45, 2.75) is 37.1 Å². The molecule has 0 saturated heterocycles. The highest BCUT2D eigenvalue weighted by Crippen LogP contribution is 2.26. The van der Waals surface area contributed by atoms with Gasteiger partial charge in [0.1, 0.15) is 0 Å². The van der Waals surface area contributed by atoms with Crippen LogP contribution >= 0.6 is 0 Å². The summed E-state index contributed by atoms with van der Waals surface area (Å²) in [5.41, 5.74) is 3.77. The number of hydrogen-bond donors (Lipinski definition) is 1. The Morgan fingerprint density at radius 1 is 0.880 bits per heavy atom. The molecule has 1 N–H and O–H groups in total. The lowest BCUT2D eigenvalue weighted by atomic mass is 10.0. The number of hydrogen-bond acceptors (Lipinski definition) is 2. The number of benzene rings is 3. The molecule has 4 heteroatoms. The molecule has 0 radical (unpaired) electrons. The lowest BCUT2D eigenvalue weighted by Gasteiger charge is -2.16. The molecule has 128 valence electrons. The third kappa shape index (κ3) is 3.20. The van der Waals surface area contributed by atoms with Gasteiger partial charge in [0.25, 0.3) is 0 Å². The van der Waals surface area contributed by atoms with Gasteiger partial charge in [0.15, 0.2) is 0 Å². The van der Waals surface area contributed by atoms with Gasteiger partial charge in [0, 0.05) is 6.04 Å². The molecule has 0 fully saturated rings. The van der Waals surface area contributed by atoms with Crippen molar-refractivity contribution in [1.29, 1.82) is 0 Å². The standard InChI is InChI=1S/C21H21NO2S/c1-15(18-10-9-17-7-4-8-19(17)13-18)22-25(23,24)21-12-11-16-5-2-3-6-20(16)14-21/h2-3,5-6,9-15,22H,4,7-8H2,1H3/t15-/m0/s1. The Labute approximate surface area is 148 Å². The molecule has 0 bridgehead atoms. The zero-order valence-corrected chi connectivity index (χ0v) is 15.0. The second kappa shape index (κ2) is 6.28. The van der Waals surface area contributed by atoms with Crippen LogP contribution in [-0.4, -0.2) is 8.42 Å². The van der Waals surface area contributed by atoms with E-state index in [2.05, 4.69) is 16.9 Å². The Bertz CT molecular complexity index is 1040. The predicted octanol–water partition coefficient (Wildman–Crippen LogP) is 4.37. The summed E-state index contributed by atoms with van der Waals surface area (Å²) in [4.78, 5) is 0.305. The summed E-state index contributed by atoms with van der Waals surface area (Å²) in [5.74, 6) is 0. The average molecular weight is 351 g/mol. The molecule has 3 nitrogen and oxygen atoms in total. The molecule has 0 saturated carbocycles. The lowest BCUT2D eigenvalue weighted by Crippen LogP contribution is -2.27. The maximum Gasteiger partial charge on any atom is 0.241 e. The first-order chi connectivity index (χ1) is 12.0. The van der Waals surface area contributed by atoms with Crippen molar-refractivity contribution in [3.05, 3.63) is 77.4 Å². The minimum atomic E-state index is -3.56. The van der Waals surface area contributed by atoms with E-state index >= 15 is 0 Å². The minimum absolute atomic E-state index is 0.262. The smallest absolute Gasteiger partial charge is 0.207 e. The van der Waals surface area contributed by atoms with Gasteiger partial charge in [0.05, 0.1) is 4.90 Å². The van der Waals surface area contributed by atoms with Crippen LogP contribution in [0.2, 0.25) is 0 Å². The van der Waals surface area contributed by atoms with Crippen molar-refractivity contribution in [2.75, 3.05) is 0 Å². The maximum absolute atomic E-state index is 12.8. The van der Waals surface area contributed by atoms with Gasteiger partial charge < -0.3 is 0 Å². The Morgan fingerprint density at radius 3 is 2.48 bits per heavy atom. The quantitative estimate of drug-likeness (QED) is 0.759. The lowest BCUT2D eigenvalue weighted by molar-refractivity contribution is 0.567. The fourth-order valence-electron chi connectivity index (χ4n) is 3.56. The number of fused-ring (bicyclic) bond motifs is 2. The summed E-state index contributed by atoms with van der Waals surface area (Å²) >= 11 is 0. The normalized spacial score (nSPS) is 15.2. The first-order valence-corrected chi connectivity index (χ1v) is 10.1. The van der Waals surface area contributed by atoms with Gasteiger partial charge in [-0.05, 0) is 65.8 Å². The molecule has 1 atom stereocenters. The van der Waals surface area contributed by atoms with Crippen molar-refractivity contribution in [2.24, 2.45) is 0 Å². The summed E-state index contributed by atoms with van der Waals surface area (Å²) < 4.78 is 28.4. The van der Waals surface area contributed by atoms with E-state index in [1.54, 1.807) is 12.1 Å². The van der Waals surface area contributed by atoms with E-state index in [0.29, 0.717) is 4.90 Å². The van der Waals surface area contributed by atoms with Gasteiger partial charge in [-0.3, -0.25) is 0 Å². The van der Waals surface area contributed by atoms with Crippen LogP contribution in [0, 0.1) is 0 Å². The summed E-state index contributed by atoms with van der Waals surface area (Å²) in [6.45, 7) is 1.90. The van der Waals surface area contributed by atoms with E-state index < -0.39 is 10.0 Å². The molecule has 0 aliphatic heterocycles. The van der Waals surface area contributed by atoms with Crippen molar-refractivity contribution in [1.82, 2.24) is 4.72 Å². The van der Waals surface area contributed by atoms with E-state index in [4.69, 9.17) is 0 Å². The largest absolute Gasteiger partial charge is 0.241 e. The van der Waals surface area contributed by atoms with Gasteiger partial charge in [-0.25, -0.2) is 13.1 Å². The summed E-state index contributed by atoms with van der Waals surface area (Å²) in [6.07, 6.45) is 3.41. The zero-order valence-electron chi connectivity index (χ0n) is 14.2. The van der Waals surface area contributed by atoms with Crippen LogP contribution in [0.4, 0.5) is 0 Å². The Balaban J connectivity index is 1.61. The van der Waals surface area contributed by atoms with Crippen molar-refractivity contribution in [3.8, 4) is 0 Å². The van der Waals surface area contributed by atoms with Crippen LogP contribution in [0.1, 0.15) is 36.1 Å². The second-order valence-corrected chi connectivity index (χ2v) is 8.45. The third-order valence-corrected chi connectivity index (χ3v) is 6.52. The van der Waals surface area contributed by atoms with E-state index in [1.165, 1.54) is 17.5 Å². The first kappa shape index (κ1) is 16.3. The van der Waals surface area contributed by atoms with Crippen LogP contribution in [0.5, 0.6) is 0 Å². The Hall–Kier alpha value is -2.17. The molecule has 4 rings (SSSR count). The van der Waals surface area contributed by atoms with Gasteiger partial charge in [-0.15, -0.1) is 0 Å². The number of aryl methyl sites for hydroxylation is 2. The van der Waals surface area contributed by atoms with Gasteiger partial charge in [-0.2, -0.15) is 0 Å². The molecular weight excluding hydrogens is 330 g/mol. The molecule has 0 heterocycles. The second-order valence-electron chi connectivity index (χ2n) is 6.73. The number of rotatable bonds is 4. The molecule has 0 spiro atoms. The van der Waals surface area contributed by atoms with E-state index in [-0.39, 0.29) is 6.04 Å². The van der Waals surface area contributed by atoms with Crippen molar-refractivity contribution in [3.63, 3.8) is 0 Å². The molecule has 0 amide bonds. The van der Waals surface area contributed by atoms with Gasteiger partial charge in [0.2, 0.25) is 10.0 Å². The predicted molar refractivity (Wildman–Crippen MR) is 101 cm³/mol. The van der Waals surface area contributed by atoms with Crippen LogP contribution in [0.25, 0.3) is 10.8 Å². The molecule has 3 aromatic rings. The topological polar surface area (TPSA) is 46.2 Å². The Kier molecular flexibility index (Phi) is 4.10. The van der Waals surface area contributed by atoms with Crippen LogP contribution < -0.4 is 4.72 Å². The number of nitrogens with one attached hydrogen (secondary N) is 1. The molecule has 0 unspecified atom stereocenters. The van der Waals surface area contributed by atoms with Gasteiger partial charge >= 0.3 is 0 Å². The molecule has 3 aromatic carbocycles. The summed E-state index contributed by atoms with van der Waals surface area (Å²) in [5, 5.41) is 1.96. The average Bonchev–Trinajstić information content (AvgIpc) is 3.08. The third-order valence-electron chi connectivity index (χ3n) is 4.99.